The van der Waals surface area contributed by atoms with Crippen LogP contribution >= 0.6 is 38.9 Å². The molecule has 0 N–H and O–H groups in total. The minimum atomic E-state index is 0.207. The van der Waals surface area contributed by atoms with Crippen molar-refractivity contribution in [3.05, 3.63) is 45.1 Å². The Balaban J connectivity index is 2.17. The summed E-state index contributed by atoms with van der Waals surface area (Å²) in [5, 5.41) is 2.81. The summed E-state index contributed by atoms with van der Waals surface area (Å²) in [6.45, 7) is 0. The molecule has 1 heterocycles. The Bertz CT molecular complexity index is 556. The van der Waals surface area contributed by atoms with E-state index >= 15 is 0 Å². The predicted octanol–water partition coefficient (Wildman–Crippen LogP) is 5.10. The Kier molecular flexibility index (Phi) is 5.13. The Morgan fingerprint density at radius 1 is 1.21 bits per heavy atom. The van der Waals surface area contributed by atoms with Crippen LogP contribution in [0, 0.1) is 0 Å². The SMILES string of the molecule is COc1ccc(CC(Br)c2sccc2Cl)cc1OC. The summed E-state index contributed by atoms with van der Waals surface area (Å²) in [4.78, 5) is 1.36. The van der Waals surface area contributed by atoms with Crippen LogP contribution in [0.25, 0.3) is 0 Å². The summed E-state index contributed by atoms with van der Waals surface area (Å²) in [5.41, 5.74) is 1.17. The summed E-state index contributed by atoms with van der Waals surface area (Å²) in [5.74, 6) is 1.49. The molecule has 1 aromatic heterocycles. The van der Waals surface area contributed by atoms with Crippen LogP contribution in [0.3, 0.4) is 0 Å². The third kappa shape index (κ3) is 3.44. The maximum Gasteiger partial charge on any atom is 0.160 e. The molecule has 102 valence electrons. The number of halogens is 2. The van der Waals surface area contributed by atoms with Crippen molar-refractivity contribution in [2.24, 2.45) is 0 Å². The van der Waals surface area contributed by atoms with Gasteiger partial charge in [0.1, 0.15) is 0 Å². The molecule has 2 rings (SSSR count). The van der Waals surface area contributed by atoms with Crippen molar-refractivity contribution < 1.29 is 9.47 Å². The maximum absolute atomic E-state index is 6.14. The molecule has 0 spiro atoms. The van der Waals surface area contributed by atoms with E-state index in [2.05, 4.69) is 15.9 Å². The lowest BCUT2D eigenvalue weighted by molar-refractivity contribution is 0.354. The van der Waals surface area contributed by atoms with Gasteiger partial charge in [0.15, 0.2) is 11.5 Å². The second kappa shape index (κ2) is 6.64. The van der Waals surface area contributed by atoms with Crippen molar-refractivity contribution in [2.75, 3.05) is 14.2 Å². The summed E-state index contributed by atoms with van der Waals surface area (Å²) >= 11 is 11.5. The monoisotopic (exact) mass is 360 g/mol. The molecule has 1 unspecified atom stereocenters. The van der Waals surface area contributed by atoms with E-state index in [0.717, 1.165) is 27.8 Å². The lowest BCUT2D eigenvalue weighted by atomic mass is 10.1. The summed E-state index contributed by atoms with van der Waals surface area (Å²) in [6.07, 6.45) is 0.848. The zero-order valence-corrected chi connectivity index (χ0v) is 13.8. The van der Waals surface area contributed by atoms with Crippen LogP contribution in [0.2, 0.25) is 5.02 Å². The molecule has 0 amide bonds. The first-order valence-corrected chi connectivity index (χ1v) is 7.91. The fraction of sp³-hybridized carbons (Fsp3) is 0.286. The van der Waals surface area contributed by atoms with Crippen molar-refractivity contribution in [2.45, 2.75) is 11.2 Å². The van der Waals surface area contributed by atoms with Gasteiger partial charge in [0.05, 0.1) is 24.1 Å². The Morgan fingerprint density at radius 3 is 2.53 bits per heavy atom. The molecule has 0 aliphatic rings. The van der Waals surface area contributed by atoms with Gasteiger partial charge in [-0.25, -0.2) is 0 Å². The van der Waals surface area contributed by atoms with Crippen LogP contribution in [0.4, 0.5) is 0 Å². The highest BCUT2D eigenvalue weighted by molar-refractivity contribution is 9.09. The van der Waals surface area contributed by atoms with Gasteiger partial charge in [0.25, 0.3) is 0 Å². The number of hydrogen-bond donors (Lipinski definition) is 0. The highest BCUT2D eigenvalue weighted by atomic mass is 79.9. The van der Waals surface area contributed by atoms with E-state index in [1.165, 1.54) is 5.56 Å². The Labute approximate surface area is 130 Å². The van der Waals surface area contributed by atoms with Gasteiger partial charge in [-0.15, -0.1) is 11.3 Å². The van der Waals surface area contributed by atoms with Crippen LogP contribution in [0.1, 0.15) is 15.3 Å². The van der Waals surface area contributed by atoms with E-state index in [9.17, 15) is 0 Å². The zero-order valence-electron chi connectivity index (χ0n) is 10.7. The molecule has 0 saturated heterocycles. The molecule has 5 heteroatoms. The van der Waals surface area contributed by atoms with Gasteiger partial charge >= 0.3 is 0 Å². The first kappa shape index (κ1) is 14.7. The summed E-state index contributed by atoms with van der Waals surface area (Å²) < 4.78 is 10.5. The van der Waals surface area contributed by atoms with Crippen molar-refractivity contribution in [1.82, 2.24) is 0 Å². The molecule has 0 saturated carbocycles. The molecule has 1 atom stereocenters. The van der Waals surface area contributed by atoms with Gasteiger partial charge in [-0.2, -0.15) is 0 Å². The smallest absolute Gasteiger partial charge is 0.160 e. The average Bonchev–Trinajstić information content (AvgIpc) is 2.85. The fourth-order valence-corrected chi connectivity index (χ4v) is 4.08. The molecule has 1 aromatic carbocycles. The molecule has 2 aromatic rings. The summed E-state index contributed by atoms with van der Waals surface area (Å²) in [7, 11) is 3.28. The van der Waals surface area contributed by atoms with Gasteiger partial charge in [0, 0.05) is 4.88 Å². The highest BCUT2D eigenvalue weighted by Gasteiger charge is 2.15. The number of thiophene rings is 1. The van der Waals surface area contributed by atoms with E-state index in [0.29, 0.717) is 0 Å². The number of benzene rings is 1. The molecule has 0 fully saturated rings. The first-order chi connectivity index (χ1) is 9.15. The van der Waals surface area contributed by atoms with Crippen LogP contribution in [0.15, 0.2) is 29.6 Å². The van der Waals surface area contributed by atoms with Gasteiger partial charge < -0.3 is 9.47 Å². The van der Waals surface area contributed by atoms with E-state index in [-0.39, 0.29) is 4.83 Å². The quantitative estimate of drug-likeness (QED) is 0.690. The third-order valence-corrected chi connectivity index (χ3v) is 5.35. The minimum Gasteiger partial charge on any atom is -0.493 e. The second-order valence-electron chi connectivity index (χ2n) is 3.99. The van der Waals surface area contributed by atoms with E-state index in [1.54, 1.807) is 25.6 Å². The maximum atomic E-state index is 6.14. The number of alkyl halides is 1. The average molecular weight is 362 g/mol. The molecular weight excluding hydrogens is 348 g/mol. The molecule has 0 aliphatic carbocycles. The topological polar surface area (TPSA) is 18.5 Å². The molecule has 0 radical (unpaired) electrons. The van der Waals surface area contributed by atoms with E-state index in [4.69, 9.17) is 21.1 Å². The van der Waals surface area contributed by atoms with Gasteiger partial charge in [-0.05, 0) is 35.6 Å². The minimum absolute atomic E-state index is 0.207. The van der Waals surface area contributed by atoms with Crippen LogP contribution in [-0.4, -0.2) is 14.2 Å². The molecule has 19 heavy (non-hydrogen) atoms. The number of methoxy groups -OCH3 is 2. The van der Waals surface area contributed by atoms with E-state index < -0.39 is 0 Å². The Morgan fingerprint density at radius 2 is 1.95 bits per heavy atom. The number of ether oxygens (including phenoxy) is 2. The van der Waals surface area contributed by atoms with E-state index in [1.807, 2.05) is 29.6 Å². The number of hydrogen-bond acceptors (Lipinski definition) is 3. The van der Waals surface area contributed by atoms with Crippen LogP contribution in [-0.2, 0) is 6.42 Å². The standard InChI is InChI=1S/C14H14BrClO2S/c1-17-12-4-3-9(8-13(12)18-2)7-10(15)14-11(16)5-6-19-14/h3-6,8,10H,7H2,1-2H3. The van der Waals surface area contributed by atoms with Crippen molar-refractivity contribution in [1.29, 1.82) is 0 Å². The van der Waals surface area contributed by atoms with Gasteiger partial charge in [0.2, 0.25) is 0 Å². The summed E-state index contributed by atoms with van der Waals surface area (Å²) in [6, 6.07) is 7.88. The van der Waals surface area contributed by atoms with Gasteiger partial charge in [-0.1, -0.05) is 33.6 Å². The fourth-order valence-electron chi connectivity index (χ4n) is 1.84. The molecule has 0 aliphatic heterocycles. The zero-order chi connectivity index (χ0) is 13.8. The van der Waals surface area contributed by atoms with Crippen molar-refractivity contribution in [3.8, 4) is 11.5 Å². The van der Waals surface area contributed by atoms with Crippen LogP contribution in [0.5, 0.6) is 11.5 Å². The van der Waals surface area contributed by atoms with Crippen molar-refractivity contribution >= 4 is 38.9 Å². The lowest BCUT2D eigenvalue weighted by Gasteiger charge is -2.12. The number of rotatable bonds is 5. The van der Waals surface area contributed by atoms with Gasteiger partial charge in [-0.3, -0.25) is 0 Å². The lowest BCUT2D eigenvalue weighted by Crippen LogP contribution is -1.96. The van der Waals surface area contributed by atoms with Crippen molar-refractivity contribution in [3.63, 3.8) is 0 Å². The highest BCUT2D eigenvalue weighted by Crippen LogP contribution is 2.37. The van der Waals surface area contributed by atoms with Crippen LogP contribution < -0.4 is 9.47 Å². The second-order valence-corrected chi connectivity index (χ2v) is 6.45. The predicted molar refractivity (Wildman–Crippen MR) is 84.2 cm³/mol. The first-order valence-electron chi connectivity index (χ1n) is 5.73. The largest absolute Gasteiger partial charge is 0.493 e. The molecule has 0 bridgehead atoms. The Hall–Kier alpha value is -0.710. The molecule has 2 nitrogen and oxygen atoms in total. The normalized spacial score (nSPS) is 12.2. The molecular formula is C14H14BrClO2S. The third-order valence-electron chi connectivity index (χ3n) is 2.79.